The van der Waals surface area contributed by atoms with E-state index in [0.29, 0.717) is 5.02 Å². The van der Waals surface area contributed by atoms with E-state index in [4.69, 9.17) is 23.2 Å². The molecule has 0 aliphatic heterocycles. The second-order valence-corrected chi connectivity index (χ2v) is 6.67. The van der Waals surface area contributed by atoms with Crippen molar-refractivity contribution in [3.8, 4) is 0 Å². The lowest BCUT2D eigenvalue weighted by Crippen LogP contribution is -2.13. The van der Waals surface area contributed by atoms with Crippen LogP contribution in [0.4, 0.5) is 5.69 Å². The maximum atomic E-state index is 12.3. The van der Waals surface area contributed by atoms with Gasteiger partial charge in [0.2, 0.25) is 0 Å². The standard InChI is InChI=1S/C14H13Cl2NO2S/c1-2-10-6-8-11(9-7-10)20(18,19)17-13-5-3-4-12(15)14(13)16/h3-9,17H,2H2,1H3. The number of rotatable bonds is 4. The molecular formula is C14H13Cl2NO2S. The number of hydrogen-bond donors (Lipinski definition) is 1. The molecule has 2 aromatic carbocycles. The normalized spacial score (nSPS) is 11.3. The molecule has 0 saturated heterocycles. The molecule has 0 saturated carbocycles. The molecule has 0 radical (unpaired) electrons. The lowest BCUT2D eigenvalue weighted by Gasteiger charge is -2.10. The molecule has 0 heterocycles. The first-order chi connectivity index (χ1) is 9.44. The summed E-state index contributed by atoms with van der Waals surface area (Å²) in [5.74, 6) is 0. The van der Waals surface area contributed by atoms with E-state index in [0.717, 1.165) is 12.0 Å². The van der Waals surface area contributed by atoms with Gasteiger partial charge >= 0.3 is 0 Å². The second kappa shape index (κ2) is 6.04. The van der Waals surface area contributed by atoms with Gasteiger partial charge in [-0.05, 0) is 36.2 Å². The fourth-order valence-electron chi connectivity index (χ4n) is 1.69. The molecule has 2 aromatic rings. The highest BCUT2D eigenvalue weighted by Crippen LogP contribution is 2.31. The zero-order valence-electron chi connectivity index (χ0n) is 10.7. The highest BCUT2D eigenvalue weighted by molar-refractivity contribution is 7.92. The van der Waals surface area contributed by atoms with Gasteiger partial charge < -0.3 is 0 Å². The van der Waals surface area contributed by atoms with Crippen molar-refractivity contribution in [3.05, 3.63) is 58.1 Å². The number of nitrogens with one attached hydrogen (secondary N) is 1. The van der Waals surface area contributed by atoms with Gasteiger partial charge in [-0.1, -0.05) is 48.3 Å². The zero-order chi connectivity index (χ0) is 14.8. The van der Waals surface area contributed by atoms with Gasteiger partial charge in [-0.2, -0.15) is 0 Å². The molecule has 6 heteroatoms. The van der Waals surface area contributed by atoms with Crippen molar-refractivity contribution in [2.24, 2.45) is 0 Å². The minimum Gasteiger partial charge on any atom is -0.278 e. The number of halogens is 2. The Morgan fingerprint density at radius 2 is 1.70 bits per heavy atom. The van der Waals surface area contributed by atoms with Crippen LogP contribution in [0.1, 0.15) is 12.5 Å². The van der Waals surface area contributed by atoms with Gasteiger partial charge in [0.15, 0.2) is 0 Å². The number of anilines is 1. The summed E-state index contributed by atoms with van der Waals surface area (Å²) >= 11 is 11.8. The van der Waals surface area contributed by atoms with Crippen LogP contribution in [-0.2, 0) is 16.4 Å². The molecule has 3 nitrogen and oxygen atoms in total. The summed E-state index contributed by atoms with van der Waals surface area (Å²) in [5.41, 5.74) is 1.34. The van der Waals surface area contributed by atoms with Gasteiger partial charge in [0.05, 0.1) is 20.6 Å². The van der Waals surface area contributed by atoms with Gasteiger partial charge in [0.1, 0.15) is 0 Å². The van der Waals surface area contributed by atoms with Gasteiger partial charge in [-0.3, -0.25) is 4.72 Å². The molecule has 2 rings (SSSR count). The number of sulfonamides is 1. The van der Waals surface area contributed by atoms with E-state index in [1.807, 2.05) is 6.92 Å². The predicted octanol–water partition coefficient (Wildman–Crippen LogP) is 4.36. The van der Waals surface area contributed by atoms with Crippen LogP contribution < -0.4 is 4.72 Å². The van der Waals surface area contributed by atoms with Crippen LogP contribution in [0.2, 0.25) is 10.0 Å². The third kappa shape index (κ3) is 3.26. The summed E-state index contributed by atoms with van der Waals surface area (Å²) in [6, 6.07) is 11.5. The van der Waals surface area contributed by atoms with E-state index in [1.165, 1.54) is 0 Å². The highest BCUT2D eigenvalue weighted by Gasteiger charge is 2.16. The average molecular weight is 330 g/mol. The topological polar surface area (TPSA) is 46.2 Å². The molecule has 106 valence electrons. The highest BCUT2D eigenvalue weighted by atomic mass is 35.5. The van der Waals surface area contributed by atoms with E-state index >= 15 is 0 Å². The van der Waals surface area contributed by atoms with Crippen LogP contribution in [0.15, 0.2) is 47.4 Å². The quantitative estimate of drug-likeness (QED) is 0.905. The number of aryl methyl sites for hydroxylation is 1. The van der Waals surface area contributed by atoms with Crippen LogP contribution in [-0.4, -0.2) is 8.42 Å². The molecule has 0 aromatic heterocycles. The minimum atomic E-state index is -3.67. The van der Waals surface area contributed by atoms with Crippen molar-refractivity contribution in [1.29, 1.82) is 0 Å². The van der Waals surface area contributed by atoms with Crippen molar-refractivity contribution >= 4 is 38.9 Å². The first-order valence-corrected chi connectivity index (χ1v) is 8.23. The van der Waals surface area contributed by atoms with Crippen LogP contribution in [0.5, 0.6) is 0 Å². The Bertz CT molecular complexity index is 712. The molecule has 0 unspecified atom stereocenters. The SMILES string of the molecule is CCc1ccc(S(=O)(=O)Nc2cccc(Cl)c2Cl)cc1. The lowest BCUT2D eigenvalue weighted by atomic mass is 10.2. The predicted molar refractivity (Wildman–Crippen MR) is 83.1 cm³/mol. The van der Waals surface area contributed by atoms with Crippen molar-refractivity contribution in [2.45, 2.75) is 18.2 Å². The molecule has 20 heavy (non-hydrogen) atoms. The Morgan fingerprint density at radius 3 is 2.30 bits per heavy atom. The Labute approximate surface area is 128 Å². The molecule has 0 atom stereocenters. The van der Waals surface area contributed by atoms with Gasteiger partial charge in [-0.15, -0.1) is 0 Å². The summed E-state index contributed by atoms with van der Waals surface area (Å²) in [4.78, 5) is 0.186. The molecule has 0 aliphatic carbocycles. The molecule has 0 spiro atoms. The molecule has 1 N–H and O–H groups in total. The van der Waals surface area contributed by atoms with E-state index in [9.17, 15) is 8.42 Å². The van der Waals surface area contributed by atoms with Crippen molar-refractivity contribution in [2.75, 3.05) is 4.72 Å². The van der Waals surface area contributed by atoms with Gasteiger partial charge in [0.25, 0.3) is 10.0 Å². The largest absolute Gasteiger partial charge is 0.278 e. The maximum Gasteiger partial charge on any atom is 0.261 e. The lowest BCUT2D eigenvalue weighted by molar-refractivity contribution is 0.601. The number of hydrogen-bond acceptors (Lipinski definition) is 2. The van der Waals surface area contributed by atoms with E-state index < -0.39 is 10.0 Å². The van der Waals surface area contributed by atoms with E-state index in [-0.39, 0.29) is 15.6 Å². The molecular weight excluding hydrogens is 317 g/mol. The van der Waals surface area contributed by atoms with Crippen molar-refractivity contribution in [1.82, 2.24) is 0 Å². The van der Waals surface area contributed by atoms with E-state index in [1.54, 1.807) is 42.5 Å². The Morgan fingerprint density at radius 1 is 1.05 bits per heavy atom. The summed E-state index contributed by atoms with van der Waals surface area (Å²) in [5, 5.41) is 0.483. The van der Waals surface area contributed by atoms with Gasteiger partial charge in [0, 0.05) is 0 Å². The average Bonchev–Trinajstić information content (AvgIpc) is 2.44. The van der Waals surface area contributed by atoms with Crippen molar-refractivity contribution < 1.29 is 8.42 Å². The Kier molecular flexibility index (Phi) is 4.58. The van der Waals surface area contributed by atoms with Crippen LogP contribution >= 0.6 is 23.2 Å². The molecule has 0 amide bonds. The zero-order valence-corrected chi connectivity index (χ0v) is 13.1. The van der Waals surface area contributed by atoms with Crippen LogP contribution in [0.3, 0.4) is 0 Å². The first kappa shape index (κ1) is 15.2. The smallest absolute Gasteiger partial charge is 0.261 e. The summed E-state index contributed by atoms with van der Waals surface area (Å²) < 4.78 is 26.9. The summed E-state index contributed by atoms with van der Waals surface area (Å²) in [6.45, 7) is 2.01. The maximum absolute atomic E-state index is 12.3. The number of benzene rings is 2. The first-order valence-electron chi connectivity index (χ1n) is 6.00. The fourth-order valence-corrected chi connectivity index (χ4v) is 3.17. The minimum absolute atomic E-state index is 0.183. The summed E-state index contributed by atoms with van der Waals surface area (Å²) in [7, 11) is -3.67. The van der Waals surface area contributed by atoms with Crippen LogP contribution in [0.25, 0.3) is 0 Å². The molecule has 0 bridgehead atoms. The fraction of sp³-hybridized carbons (Fsp3) is 0.143. The third-order valence-corrected chi connectivity index (χ3v) is 5.04. The monoisotopic (exact) mass is 329 g/mol. The molecule has 0 aliphatic rings. The second-order valence-electron chi connectivity index (χ2n) is 4.20. The van der Waals surface area contributed by atoms with Gasteiger partial charge in [-0.25, -0.2) is 8.42 Å². The van der Waals surface area contributed by atoms with E-state index in [2.05, 4.69) is 4.72 Å². The van der Waals surface area contributed by atoms with Crippen LogP contribution in [0, 0.1) is 0 Å². The van der Waals surface area contributed by atoms with Crippen molar-refractivity contribution in [3.63, 3.8) is 0 Å². The Balaban J connectivity index is 2.33. The summed E-state index contributed by atoms with van der Waals surface area (Å²) in [6.07, 6.45) is 0.855. The third-order valence-electron chi connectivity index (χ3n) is 2.84. The Hall–Kier alpha value is -1.23. The molecule has 0 fully saturated rings.